The van der Waals surface area contributed by atoms with Gasteiger partial charge in [0.25, 0.3) is 0 Å². The Morgan fingerprint density at radius 2 is 1.00 bits per heavy atom. The van der Waals surface area contributed by atoms with Crippen molar-refractivity contribution in [2.45, 2.75) is 0 Å². The minimum atomic E-state index is 0.0111. The Kier molecular flexibility index (Phi) is 4.77. The van der Waals surface area contributed by atoms with Crippen molar-refractivity contribution in [1.82, 2.24) is 0 Å². The highest BCUT2D eigenvalue weighted by atomic mass is 19.3. The lowest BCUT2D eigenvalue weighted by atomic mass is 10.0. The van der Waals surface area contributed by atoms with Crippen LogP contribution in [0.1, 0.15) is 11.1 Å². The molecule has 2 rings (SSSR count). The molecule has 20 heavy (non-hydrogen) atoms. The van der Waals surface area contributed by atoms with E-state index in [1.54, 1.807) is 60.7 Å². The van der Waals surface area contributed by atoms with Crippen LogP contribution in [-0.4, -0.2) is 11.4 Å². The zero-order chi connectivity index (χ0) is 14.2. The van der Waals surface area contributed by atoms with E-state index < -0.39 is 0 Å². The maximum absolute atomic E-state index is 12.2. The van der Waals surface area contributed by atoms with Gasteiger partial charge in [0, 0.05) is 20.2 Å². The van der Waals surface area contributed by atoms with Crippen LogP contribution < -0.4 is 0 Å². The Morgan fingerprint density at radius 1 is 0.650 bits per heavy atom. The lowest BCUT2D eigenvalue weighted by Crippen LogP contribution is -2.17. The van der Waals surface area contributed by atoms with Crippen molar-refractivity contribution in [2.24, 2.45) is 10.3 Å². The summed E-state index contributed by atoms with van der Waals surface area (Å²) >= 11 is 0. The van der Waals surface area contributed by atoms with Crippen molar-refractivity contribution in [1.29, 1.82) is 0 Å². The summed E-state index contributed by atoms with van der Waals surface area (Å²) < 4.78 is 24.3. The van der Waals surface area contributed by atoms with Gasteiger partial charge in [-0.3, -0.25) is 0 Å². The minimum absolute atomic E-state index is 0.0111. The lowest BCUT2D eigenvalue weighted by Gasteiger charge is -2.07. The Labute approximate surface area is 113 Å². The van der Waals surface area contributed by atoms with E-state index in [9.17, 15) is 9.05 Å². The van der Waals surface area contributed by atoms with Crippen molar-refractivity contribution in [3.63, 3.8) is 0 Å². The Hall–Kier alpha value is -2.76. The first kappa shape index (κ1) is 13.7. The highest BCUT2D eigenvalue weighted by Crippen LogP contribution is 2.11. The molecule has 0 spiro atoms. The van der Waals surface area contributed by atoms with Gasteiger partial charge in [-0.25, -0.2) is 0 Å². The fraction of sp³-hybridized carbons (Fsp3) is 0. The summed E-state index contributed by atoms with van der Waals surface area (Å²) in [6.07, 6.45) is 0. The van der Waals surface area contributed by atoms with Crippen LogP contribution in [0.5, 0.6) is 0 Å². The zero-order valence-corrected chi connectivity index (χ0v) is 10.2. The molecule has 0 amide bonds. The molecule has 0 atom stereocenters. The Balaban J connectivity index is 2.51. The lowest BCUT2D eigenvalue weighted by molar-refractivity contribution is -0.132. The molecule has 0 N–H and O–H groups in total. The highest BCUT2D eigenvalue weighted by Gasteiger charge is 2.17. The summed E-state index contributed by atoms with van der Waals surface area (Å²) in [5.74, 6) is 0. The molecule has 2 aromatic rings. The van der Waals surface area contributed by atoms with Crippen LogP contribution in [0.4, 0.5) is 9.05 Å². The van der Waals surface area contributed by atoms with Crippen LogP contribution in [0, 0.1) is 0 Å². The topological polar surface area (TPSA) is 43.2 Å². The quantitative estimate of drug-likeness (QED) is 0.618. The summed E-state index contributed by atoms with van der Waals surface area (Å²) in [7, 11) is 0. The second kappa shape index (κ2) is 6.98. The minimum Gasteiger partial charge on any atom is -0.173 e. The summed E-state index contributed by atoms with van der Waals surface area (Å²) in [5, 5.41) is 13.2. The van der Waals surface area contributed by atoms with Crippen LogP contribution in [-0.2, 0) is 10.1 Å². The van der Waals surface area contributed by atoms with E-state index in [0.717, 1.165) is 0 Å². The molecule has 0 unspecified atom stereocenters. The first-order chi connectivity index (χ1) is 9.86. The third kappa shape index (κ3) is 3.17. The van der Waals surface area contributed by atoms with Crippen molar-refractivity contribution in [3.05, 3.63) is 71.8 Å². The average molecular weight is 276 g/mol. The molecule has 4 nitrogen and oxygen atoms in total. The average Bonchev–Trinajstić information content (AvgIpc) is 2.52. The number of halogens is 2. The van der Waals surface area contributed by atoms with Gasteiger partial charge in [0.05, 0.1) is 0 Å². The molecule has 0 aliphatic heterocycles. The van der Waals surface area contributed by atoms with Crippen molar-refractivity contribution in [2.75, 3.05) is 0 Å². The number of rotatable bonds is 5. The van der Waals surface area contributed by atoms with E-state index in [0.29, 0.717) is 11.1 Å². The van der Waals surface area contributed by atoms with E-state index in [2.05, 4.69) is 20.4 Å². The van der Waals surface area contributed by atoms with E-state index in [1.165, 1.54) is 0 Å². The predicted octanol–water partition coefficient (Wildman–Crippen LogP) is 3.60. The molecule has 0 saturated carbocycles. The fourth-order valence-electron chi connectivity index (χ4n) is 1.73. The molecule has 0 fully saturated rings. The molecule has 0 bridgehead atoms. The molecule has 0 aliphatic rings. The summed E-state index contributed by atoms with van der Waals surface area (Å²) in [4.78, 5) is 0. The van der Waals surface area contributed by atoms with Crippen LogP contribution in [0.25, 0.3) is 0 Å². The predicted molar refractivity (Wildman–Crippen MR) is 70.3 cm³/mol. The molecule has 0 heterocycles. The van der Waals surface area contributed by atoms with Gasteiger partial charge < -0.3 is 0 Å². The van der Waals surface area contributed by atoms with Gasteiger partial charge in [-0.2, -0.15) is 10.1 Å². The van der Waals surface area contributed by atoms with Crippen molar-refractivity contribution >= 4 is 11.4 Å². The second-order valence-electron chi connectivity index (χ2n) is 3.75. The molecule has 2 aromatic carbocycles. The number of hydrogen-bond donors (Lipinski definition) is 0. The first-order valence-electron chi connectivity index (χ1n) is 5.69. The second-order valence-corrected chi connectivity index (χ2v) is 3.75. The van der Waals surface area contributed by atoms with E-state index in [-0.39, 0.29) is 11.4 Å². The summed E-state index contributed by atoms with van der Waals surface area (Å²) in [6.45, 7) is 0. The molecular formula is C14H10F2N2O2. The van der Waals surface area contributed by atoms with Gasteiger partial charge in [0.2, 0.25) is 0 Å². The van der Waals surface area contributed by atoms with E-state index >= 15 is 0 Å². The monoisotopic (exact) mass is 276 g/mol. The number of hydrogen-bond acceptors (Lipinski definition) is 4. The van der Waals surface area contributed by atoms with Gasteiger partial charge >= 0.3 is 0 Å². The van der Waals surface area contributed by atoms with Gasteiger partial charge in [-0.15, -0.1) is 0 Å². The SMILES string of the molecule is FON=C(C(=NOF)c1ccccc1)c1ccccc1. The molecule has 0 aromatic heterocycles. The van der Waals surface area contributed by atoms with Gasteiger partial charge in [0.1, 0.15) is 11.4 Å². The van der Waals surface area contributed by atoms with Gasteiger partial charge in [0.15, 0.2) is 0 Å². The zero-order valence-electron chi connectivity index (χ0n) is 10.2. The van der Waals surface area contributed by atoms with Gasteiger partial charge in [-0.1, -0.05) is 60.7 Å². The molecule has 6 heteroatoms. The molecule has 0 saturated heterocycles. The Bertz CT molecular complexity index is 546. The normalized spacial score (nSPS) is 12.1. The largest absolute Gasteiger partial charge is 0.173 e. The summed E-state index contributed by atoms with van der Waals surface area (Å²) in [6, 6.07) is 17.1. The first-order valence-corrected chi connectivity index (χ1v) is 5.69. The fourth-order valence-corrected chi connectivity index (χ4v) is 1.73. The summed E-state index contributed by atoms with van der Waals surface area (Å²) in [5.41, 5.74) is 1.03. The van der Waals surface area contributed by atoms with E-state index in [4.69, 9.17) is 0 Å². The van der Waals surface area contributed by atoms with Crippen LogP contribution in [0.3, 0.4) is 0 Å². The molecule has 0 radical (unpaired) electrons. The molecular weight excluding hydrogens is 266 g/mol. The maximum Gasteiger partial charge on any atom is 0.144 e. The molecule has 102 valence electrons. The van der Waals surface area contributed by atoms with E-state index in [1.807, 2.05) is 0 Å². The van der Waals surface area contributed by atoms with Crippen LogP contribution >= 0.6 is 0 Å². The van der Waals surface area contributed by atoms with Crippen molar-refractivity contribution in [3.8, 4) is 0 Å². The van der Waals surface area contributed by atoms with Crippen molar-refractivity contribution < 1.29 is 19.1 Å². The Morgan fingerprint density at radius 3 is 1.30 bits per heavy atom. The number of benzene rings is 2. The maximum atomic E-state index is 12.2. The van der Waals surface area contributed by atoms with Crippen LogP contribution in [0.15, 0.2) is 71.0 Å². The van der Waals surface area contributed by atoms with Crippen LogP contribution in [0.2, 0.25) is 0 Å². The third-order valence-electron chi connectivity index (χ3n) is 2.57. The number of oxime groups is 2. The third-order valence-corrected chi connectivity index (χ3v) is 2.57. The number of nitrogens with zero attached hydrogens (tertiary/aromatic N) is 2. The van der Waals surface area contributed by atoms with Gasteiger partial charge in [-0.05, 0) is 10.3 Å². The smallest absolute Gasteiger partial charge is 0.144 e. The highest BCUT2D eigenvalue weighted by molar-refractivity contribution is 6.53. The molecule has 0 aliphatic carbocycles. The standard InChI is InChI=1S/C14H10F2N2O2/c15-19-17-13(11-7-3-1-4-8-11)14(18-20-16)12-9-5-2-6-10-12/h1-10H.